The van der Waals surface area contributed by atoms with Crippen molar-refractivity contribution in [2.75, 3.05) is 18.0 Å². The number of hydrogen-bond donors (Lipinski definition) is 1. The van der Waals surface area contributed by atoms with Gasteiger partial charge in [-0.05, 0) is 30.9 Å². The van der Waals surface area contributed by atoms with E-state index in [-0.39, 0.29) is 5.56 Å². The third-order valence-electron chi connectivity index (χ3n) is 3.82. The molecule has 0 aromatic carbocycles. The first kappa shape index (κ1) is 13.6. The average Bonchev–Trinajstić information content (AvgIpc) is 3.01. The maximum Gasteiger partial charge on any atom is 0.341 e. The van der Waals surface area contributed by atoms with Crippen LogP contribution in [0.2, 0.25) is 0 Å². The van der Waals surface area contributed by atoms with Gasteiger partial charge >= 0.3 is 5.97 Å². The van der Waals surface area contributed by atoms with Gasteiger partial charge in [0.1, 0.15) is 11.4 Å². The van der Waals surface area contributed by atoms with E-state index in [0.717, 1.165) is 25.9 Å². The van der Waals surface area contributed by atoms with Crippen LogP contribution in [0.25, 0.3) is 11.6 Å². The van der Waals surface area contributed by atoms with Crippen molar-refractivity contribution in [3.05, 3.63) is 30.2 Å². The van der Waals surface area contributed by atoms with Crippen molar-refractivity contribution in [2.24, 2.45) is 5.92 Å². The van der Waals surface area contributed by atoms with Gasteiger partial charge in [0.2, 0.25) is 0 Å². The van der Waals surface area contributed by atoms with E-state index in [2.05, 4.69) is 16.9 Å². The lowest BCUT2D eigenvalue weighted by Crippen LogP contribution is -2.34. The Balaban J connectivity index is 1.99. The molecule has 0 radical (unpaired) electrons. The Morgan fingerprint density at radius 1 is 1.43 bits per heavy atom. The second-order valence-corrected chi connectivity index (χ2v) is 5.38. The summed E-state index contributed by atoms with van der Waals surface area (Å²) in [4.78, 5) is 21.9. The van der Waals surface area contributed by atoms with Gasteiger partial charge in [-0.3, -0.25) is 0 Å². The fourth-order valence-electron chi connectivity index (χ4n) is 2.51. The molecule has 1 N–H and O–H groups in total. The van der Waals surface area contributed by atoms with Crippen molar-refractivity contribution in [2.45, 2.75) is 19.8 Å². The van der Waals surface area contributed by atoms with E-state index >= 15 is 0 Å². The summed E-state index contributed by atoms with van der Waals surface area (Å²) in [5.41, 5.74) is 0.139. The van der Waals surface area contributed by atoms with Crippen molar-refractivity contribution in [3.8, 4) is 11.6 Å². The third kappa shape index (κ3) is 2.74. The SMILES string of the molecule is CC1CCN(c2nc(-c3ccco3)ncc2C(=O)O)CC1. The maximum absolute atomic E-state index is 11.4. The molecule has 6 heteroatoms. The lowest BCUT2D eigenvalue weighted by Gasteiger charge is -2.31. The first-order chi connectivity index (χ1) is 10.1. The summed E-state index contributed by atoms with van der Waals surface area (Å²) in [6.45, 7) is 3.84. The molecule has 3 heterocycles. The van der Waals surface area contributed by atoms with Crippen LogP contribution >= 0.6 is 0 Å². The van der Waals surface area contributed by atoms with Gasteiger partial charge in [0.25, 0.3) is 0 Å². The lowest BCUT2D eigenvalue weighted by molar-refractivity contribution is 0.0696. The Morgan fingerprint density at radius 2 is 2.19 bits per heavy atom. The van der Waals surface area contributed by atoms with Crippen LogP contribution in [0, 0.1) is 5.92 Å². The molecule has 1 aliphatic rings. The normalized spacial score (nSPS) is 16.1. The number of rotatable bonds is 3. The van der Waals surface area contributed by atoms with E-state index in [1.807, 2.05) is 4.90 Å². The van der Waals surface area contributed by atoms with Crippen LogP contribution in [-0.4, -0.2) is 34.1 Å². The number of carbonyl (C=O) groups is 1. The Morgan fingerprint density at radius 3 is 2.81 bits per heavy atom. The molecule has 2 aromatic heterocycles. The summed E-state index contributed by atoms with van der Waals surface area (Å²) >= 11 is 0. The molecule has 1 fully saturated rings. The van der Waals surface area contributed by atoms with Gasteiger partial charge < -0.3 is 14.4 Å². The highest BCUT2D eigenvalue weighted by Crippen LogP contribution is 2.26. The van der Waals surface area contributed by atoms with Crippen molar-refractivity contribution < 1.29 is 14.3 Å². The predicted octanol–water partition coefficient (Wildman–Crippen LogP) is 2.67. The summed E-state index contributed by atoms with van der Waals surface area (Å²) in [7, 11) is 0. The van der Waals surface area contributed by atoms with E-state index in [4.69, 9.17) is 4.42 Å². The van der Waals surface area contributed by atoms with Crippen LogP contribution < -0.4 is 4.90 Å². The highest BCUT2D eigenvalue weighted by Gasteiger charge is 2.23. The largest absolute Gasteiger partial charge is 0.477 e. The van der Waals surface area contributed by atoms with Crippen LogP contribution in [0.15, 0.2) is 29.0 Å². The van der Waals surface area contributed by atoms with Gasteiger partial charge in [-0.1, -0.05) is 6.92 Å². The zero-order chi connectivity index (χ0) is 14.8. The first-order valence-electron chi connectivity index (χ1n) is 7.04. The number of aromatic carboxylic acids is 1. The number of furan rings is 1. The van der Waals surface area contributed by atoms with Crippen molar-refractivity contribution in [3.63, 3.8) is 0 Å². The molecule has 1 saturated heterocycles. The fraction of sp³-hybridized carbons (Fsp3) is 0.400. The minimum atomic E-state index is -1.00. The molecule has 0 amide bonds. The van der Waals surface area contributed by atoms with Gasteiger partial charge in [-0.2, -0.15) is 0 Å². The number of nitrogens with zero attached hydrogens (tertiary/aromatic N) is 3. The molecule has 6 nitrogen and oxygen atoms in total. The second kappa shape index (κ2) is 5.55. The zero-order valence-corrected chi connectivity index (χ0v) is 11.8. The first-order valence-corrected chi connectivity index (χ1v) is 7.04. The van der Waals surface area contributed by atoms with E-state index < -0.39 is 5.97 Å². The van der Waals surface area contributed by atoms with E-state index in [1.54, 1.807) is 18.4 Å². The minimum absolute atomic E-state index is 0.139. The average molecular weight is 287 g/mol. The minimum Gasteiger partial charge on any atom is -0.477 e. The van der Waals surface area contributed by atoms with Crippen molar-refractivity contribution in [1.82, 2.24) is 9.97 Å². The molecule has 1 aliphatic heterocycles. The molecule has 0 unspecified atom stereocenters. The number of aromatic nitrogens is 2. The quantitative estimate of drug-likeness (QED) is 0.935. The lowest BCUT2D eigenvalue weighted by atomic mass is 9.99. The van der Waals surface area contributed by atoms with Gasteiger partial charge in [-0.15, -0.1) is 0 Å². The fourth-order valence-corrected chi connectivity index (χ4v) is 2.51. The predicted molar refractivity (Wildman–Crippen MR) is 77.3 cm³/mol. The number of anilines is 1. The molecule has 0 bridgehead atoms. The van der Waals surface area contributed by atoms with Crippen LogP contribution in [-0.2, 0) is 0 Å². The zero-order valence-electron chi connectivity index (χ0n) is 11.8. The monoisotopic (exact) mass is 287 g/mol. The number of carboxylic acids is 1. The number of piperidine rings is 1. The summed E-state index contributed by atoms with van der Waals surface area (Å²) < 4.78 is 5.29. The van der Waals surface area contributed by atoms with Crippen LogP contribution in [0.3, 0.4) is 0 Å². The summed E-state index contributed by atoms with van der Waals surface area (Å²) in [5, 5.41) is 9.34. The van der Waals surface area contributed by atoms with Gasteiger partial charge in [-0.25, -0.2) is 14.8 Å². The molecule has 110 valence electrons. The van der Waals surface area contributed by atoms with Crippen LogP contribution in [0.5, 0.6) is 0 Å². The highest BCUT2D eigenvalue weighted by atomic mass is 16.4. The van der Waals surface area contributed by atoms with Crippen LogP contribution in [0.4, 0.5) is 5.82 Å². The van der Waals surface area contributed by atoms with Crippen molar-refractivity contribution >= 4 is 11.8 Å². The molecule has 0 saturated carbocycles. The molecule has 0 atom stereocenters. The summed E-state index contributed by atoms with van der Waals surface area (Å²) in [6.07, 6.45) is 4.99. The molecule has 3 rings (SSSR count). The van der Waals surface area contributed by atoms with Gasteiger partial charge in [0.05, 0.1) is 6.26 Å². The number of carboxylic acid groups (broad SMARTS) is 1. The molecule has 0 spiro atoms. The van der Waals surface area contributed by atoms with Crippen LogP contribution in [0.1, 0.15) is 30.1 Å². The Hall–Kier alpha value is -2.37. The van der Waals surface area contributed by atoms with Crippen molar-refractivity contribution in [1.29, 1.82) is 0 Å². The molecular formula is C15H17N3O3. The van der Waals surface area contributed by atoms with E-state index in [1.165, 1.54) is 6.20 Å². The van der Waals surface area contributed by atoms with Gasteiger partial charge in [0, 0.05) is 19.3 Å². The van der Waals surface area contributed by atoms with E-state index in [0.29, 0.717) is 23.3 Å². The standard InChI is InChI=1S/C15H17N3O3/c1-10-4-6-18(7-5-10)14-11(15(19)20)9-16-13(17-14)12-3-2-8-21-12/h2-3,8-10H,4-7H2,1H3,(H,19,20). The Bertz CT molecular complexity index is 632. The van der Waals surface area contributed by atoms with Gasteiger partial charge in [0.15, 0.2) is 11.6 Å². The second-order valence-electron chi connectivity index (χ2n) is 5.38. The molecule has 2 aromatic rings. The molecule has 21 heavy (non-hydrogen) atoms. The maximum atomic E-state index is 11.4. The smallest absolute Gasteiger partial charge is 0.341 e. The molecular weight excluding hydrogens is 270 g/mol. The van der Waals surface area contributed by atoms with E-state index in [9.17, 15) is 9.90 Å². The summed E-state index contributed by atoms with van der Waals surface area (Å²) in [6, 6.07) is 3.52. The topological polar surface area (TPSA) is 79.5 Å². The number of hydrogen-bond acceptors (Lipinski definition) is 5. The Kier molecular flexibility index (Phi) is 3.60. The molecule has 0 aliphatic carbocycles. The summed E-state index contributed by atoms with van der Waals surface area (Å²) in [5.74, 6) is 1.10. The third-order valence-corrected chi connectivity index (χ3v) is 3.82. The highest BCUT2D eigenvalue weighted by molar-refractivity contribution is 5.93. The Labute approximate surface area is 122 Å².